The van der Waals surface area contributed by atoms with Crippen LogP contribution in [0.2, 0.25) is 0 Å². The van der Waals surface area contributed by atoms with Crippen LogP contribution in [0.15, 0.2) is 0 Å². The molecule has 0 aliphatic carbocycles. The predicted molar refractivity (Wildman–Crippen MR) is 466 cm³/mol. The minimum atomic E-state index is -5.38. The van der Waals surface area contributed by atoms with E-state index in [0.29, 0.717) is 0 Å². The van der Waals surface area contributed by atoms with Gasteiger partial charge in [0.2, 0.25) is 0 Å². The monoisotopic (exact) mass is 2460 g/mol. The average Bonchev–Trinajstić information content (AvgIpc) is 3.66. The maximum absolute atomic E-state index is 8.96. The van der Waals surface area contributed by atoms with Crippen LogP contribution in [0.1, 0.15) is 249 Å². The molecule has 42 heteroatoms. The standard InChI is InChI=1S/12C6H15O.6ClH.18O.6Sb/c12*1-4-7(5-2)6-3;;;;;;;;;;;;;;;;;;;;;;;;;;;;;;/h12*4-6H2,1-3H3;6*1H;;;;;;;;;;;;;;;;;;;;;;;;/q12*+1;;;;;;;;;;;;;12*-1;6*+1/p-6. The average molecular weight is 2470 g/mol. The van der Waals surface area contributed by atoms with Crippen LogP contribution in [0.25, 0.3) is 0 Å². The van der Waals surface area contributed by atoms with Gasteiger partial charge in [-0.3, -0.25) is 0 Å². The van der Waals surface area contributed by atoms with E-state index in [0.717, 1.165) is 238 Å². The van der Waals surface area contributed by atoms with E-state index in [1.54, 1.807) is 0 Å². The van der Waals surface area contributed by atoms with Crippen LogP contribution in [0.3, 0.4) is 0 Å². The topological polar surface area (TPSA) is 412 Å². The van der Waals surface area contributed by atoms with Gasteiger partial charge in [-0.15, -0.1) is 0 Å². The molecule has 0 aromatic heterocycles. The molecule has 0 saturated carbocycles. The van der Waals surface area contributed by atoms with E-state index < -0.39 is 111 Å². The molecule has 720 valence electrons. The molecule has 0 bridgehead atoms. The second-order valence-corrected chi connectivity index (χ2v) is 51.7. The Balaban J connectivity index is -0.0000000536. The summed E-state index contributed by atoms with van der Waals surface area (Å²) in [5.41, 5.74) is 0. The second kappa shape index (κ2) is 126. The number of rotatable bonds is 36. The Bertz CT molecular complexity index is 1370. The number of hydrogen-bond acceptors (Lipinski definition) is 18. The zero-order valence-corrected chi connectivity index (χ0v) is 98.5. The molecule has 0 N–H and O–H groups in total. The van der Waals surface area contributed by atoms with Gasteiger partial charge in [0, 0.05) is 249 Å². The summed E-state index contributed by atoms with van der Waals surface area (Å²) >= 11 is -32.3. The summed E-state index contributed by atoms with van der Waals surface area (Å²) in [5.74, 6) is 0. The summed E-state index contributed by atoms with van der Waals surface area (Å²) in [6.07, 6.45) is 0. The first kappa shape index (κ1) is 162. The van der Waals surface area contributed by atoms with Gasteiger partial charge < -0.3 is 52.4 Å². The molecule has 30 nitrogen and oxygen atoms in total. The molecular weight excluding hydrogens is 2290 g/mol. The van der Waals surface area contributed by atoms with Crippen LogP contribution in [0.4, 0.5) is 0 Å². The zero-order chi connectivity index (χ0) is 95.4. The summed E-state index contributed by atoms with van der Waals surface area (Å²) in [7, 11) is 24.4. The Morgan fingerprint density at radius 3 is 0.140 bits per heavy atom. The van der Waals surface area contributed by atoms with E-state index in [2.05, 4.69) is 355 Å². The number of hydrogen-bond donors (Lipinski definition) is 0. The van der Waals surface area contributed by atoms with E-state index >= 15 is 0 Å². The van der Waals surface area contributed by atoms with Gasteiger partial charge in [0.1, 0.15) is 238 Å². The van der Waals surface area contributed by atoms with Crippen LogP contribution in [-0.4, -0.2) is 349 Å². The van der Waals surface area contributed by atoms with Crippen molar-refractivity contribution in [2.45, 2.75) is 249 Å². The van der Waals surface area contributed by atoms with Gasteiger partial charge in [0.15, 0.2) is 0 Å². The molecule has 0 fully saturated rings. The van der Waals surface area contributed by atoms with Crippen LogP contribution in [0, 0.1) is 0 Å². The Kier molecular flexibility index (Phi) is 179. The molecule has 0 aliphatic heterocycles. The van der Waals surface area contributed by atoms with Crippen molar-refractivity contribution in [3.05, 3.63) is 0 Å². The molecular formula is C72H180Cl6O30Sb6. The van der Waals surface area contributed by atoms with Gasteiger partial charge in [-0.2, -0.15) is 0 Å². The molecule has 114 heavy (non-hydrogen) atoms. The van der Waals surface area contributed by atoms with Crippen LogP contribution in [-0.2, 0) is 70.5 Å². The quantitative estimate of drug-likeness (QED) is 0.0508. The van der Waals surface area contributed by atoms with E-state index in [4.69, 9.17) is 58.7 Å². The van der Waals surface area contributed by atoms with Crippen LogP contribution >= 0.6 is 53.0 Å². The molecule has 0 atom stereocenters. The van der Waals surface area contributed by atoms with Crippen molar-refractivity contribution < 1.29 is 111 Å². The summed E-state index contributed by atoms with van der Waals surface area (Å²) in [5, 5.41) is 0. The summed E-state index contributed by atoms with van der Waals surface area (Å²) in [4.78, 5) is 0. The fourth-order valence-electron chi connectivity index (χ4n) is 7.35. The minimum absolute atomic E-state index is 1.10. The van der Waals surface area contributed by atoms with E-state index in [1.165, 1.54) is 0 Å². The fraction of sp³-hybridized carbons (Fsp3) is 1.00. The first-order valence-electron chi connectivity index (χ1n) is 40.1. The second-order valence-electron chi connectivity index (χ2n) is 20.3. The summed E-state index contributed by atoms with van der Waals surface area (Å²) in [6.45, 7) is 117. The Morgan fingerprint density at radius 2 is 0.140 bits per heavy atom. The maximum atomic E-state index is 8.96. The zero-order valence-electron chi connectivity index (χ0n) is 78.7. The van der Waals surface area contributed by atoms with Gasteiger partial charge in [-0.1, -0.05) is 0 Å². The third-order valence-electron chi connectivity index (χ3n) is 14.7. The van der Waals surface area contributed by atoms with Gasteiger partial charge in [-0.25, -0.2) is 0 Å². The first-order chi connectivity index (χ1) is 52.2. The van der Waals surface area contributed by atoms with Gasteiger partial charge in [-0.05, 0) is 0 Å². The molecule has 0 heterocycles. The van der Waals surface area contributed by atoms with E-state index in [9.17, 15) is 0 Å². The summed E-state index contributed by atoms with van der Waals surface area (Å²) in [6, 6.07) is 0. The van der Waals surface area contributed by atoms with Gasteiger partial charge in [0.05, 0.1) is 0 Å². The predicted octanol–water partition coefficient (Wildman–Crippen LogP) is 6.05. The molecule has 0 spiro atoms. The fourth-order valence-corrected chi connectivity index (χ4v) is 7.35. The molecule has 0 rings (SSSR count). The third-order valence-corrected chi connectivity index (χ3v) is 14.7. The molecule has 0 radical (unpaired) electrons. The third kappa shape index (κ3) is 266. The SMILES string of the molecule is CC[O+](CC)CC.CC[O+](CC)CC.CC[O+](CC)CC.CC[O+](CC)CC.CC[O+](CC)CC.CC[O+](CC)CC.CC[O+](CC)CC.CC[O+](CC)CC.CC[O+](CC)CC.CC[O+](CC)CC.CC[O+](CC)CC.CC[O+](CC)CC.[O]=[Sb]([O-])([O-])[Cl].[O]=[Sb]([O-])([O-])[Cl].[O]=[Sb]([O-])([O-])[Cl].[O]=[Sb]([O-])([O-])[Cl].[O]=[Sb]([O-])([O-])[Cl].[O]=[Sb]([O-])([O-])[Cl]. The normalized spacial score (nSPS) is 10.7. The Labute approximate surface area is 753 Å². The van der Waals surface area contributed by atoms with E-state index in [1.807, 2.05) is 0 Å². The Hall–Kier alpha value is 4.49. The van der Waals surface area contributed by atoms with Gasteiger partial charge in [0.25, 0.3) is 0 Å². The molecule has 0 aliphatic rings. The van der Waals surface area contributed by atoms with Crippen molar-refractivity contribution in [1.29, 1.82) is 0 Å². The van der Waals surface area contributed by atoms with Crippen molar-refractivity contribution in [3.63, 3.8) is 0 Å². The molecule has 0 aromatic rings. The van der Waals surface area contributed by atoms with Crippen molar-refractivity contribution in [3.8, 4) is 0 Å². The van der Waals surface area contributed by atoms with Crippen molar-refractivity contribution in [2.24, 2.45) is 0 Å². The molecule has 0 amide bonds. The van der Waals surface area contributed by atoms with E-state index in [-0.39, 0.29) is 0 Å². The van der Waals surface area contributed by atoms with Crippen molar-refractivity contribution in [2.75, 3.05) is 238 Å². The molecule has 0 unspecified atom stereocenters. The first-order valence-corrected chi connectivity index (χ1v) is 78.3. The number of halogens is 6. The summed E-state index contributed by atoms with van der Waals surface area (Å²) < 4.78 is 198. The molecule has 0 saturated heterocycles. The Morgan fingerprint density at radius 1 is 0.123 bits per heavy atom. The van der Waals surface area contributed by atoms with Crippen LogP contribution < -0.4 is 40.6 Å². The van der Waals surface area contributed by atoms with Gasteiger partial charge >= 0.3 is 223 Å². The van der Waals surface area contributed by atoms with Crippen molar-refractivity contribution >= 4 is 164 Å². The molecule has 0 aromatic carbocycles. The van der Waals surface area contributed by atoms with Crippen molar-refractivity contribution in [1.82, 2.24) is 0 Å². The van der Waals surface area contributed by atoms with Crippen LogP contribution in [0.5, 0.6) is 0 Å².